The lowest BCUT2D eigenvalue weighted by atomic mass is 10.2. The van der Waals surface area contributed by atoms with Crippen molar-refractivity contribution in [2.24, 2.45) is 0 Å². The molecule has 2 aromatic rings. The minimum atomic E-state index is -0.143. The van der Waals surface area contributed by atoms with Crippen molar-refractivity contribution in [1.82, 2.24) is 9.97 Å². The molecule has 0 aromatic carbocycles. The summed E-state index contributed by atoms with van der Waals surface area (Å²) in [6.07, 6.45) is 0. The third-order valence-electron chi connectivity index (χ3n) is 2.29. The van der Waals surface area contributed by atoms with E-state index in [1.54, 1.807) is 6.92 Å². The Hall–Kier alpha value is -1.69. The van der Waals surface area contributed by atoms with Gasteiger partial charge in [0.1, 0.15) is 0 Å². The van der Waals surface area contributed by atoms with Gasteiger partial charge in [-0.2, -0.15) is 0 Å². The fraction of sp³-hybridized carbons (Fsp3) is 0.300. The van der Waals surface area contributed by atoms with Crippen LogP contribution in [0.2, 0.25) is 0 Å². The molecule has 0 saturated carbocycles. The highest BCUT2D eigenvalue weighted by atomic mass is 32.1. The minimum Gasteiger partial charge on any atom is -0.324 e. The molecule has 2 heterocycles. The van der Waals surface area contributed by atoms with Crippen molar-refractivity contribution < 1.29 is 4.79 Å². The van der Waals surface area contributed by atoms with E-state index in [-0.39, 0.29) is 10.8 Å². The number of anilines is 1. The first-order valence-electron chi connectivity index (χ1n) is 4.76. The quantitative estimate of drug-likeness (QED) is 0.790. The van der Waals surface area contributed by atoms with E-state index in [4.69, 9.17) is 0 Å². The predicted molar refractivity (Wildman–Crippen MR) is 64.0 cm³/mol. The number of aryl methyl sites for hydroxylation is 2. The van der Waals surface area contributed by atoms with Gasteiger partial charge in [-0.25, -0.2) is 4.98 Å². The average molecular weight is 237 g/mol. The number of nitrogens with zero attached hydrogens (tertiary/aromatic N) is 1. The van der Waals surface area contributed by atoms with Crippen LogP contribution in [0.5, 0.6) is 0 Å². The fourth-order valence-electron chi connectivity index (χ4n) is 1.62. The topological polar surface area (TPSA) is 74.8 Å². The molecule has 84 valence electrons. The van der Waals surface area contributed by atoms with Crippen LogP contribution in [-0.4, -0.2) is 15.9 Å². The highest BCUT2D eigenvalue weighted by Crippen LogP contribution is 2.27. The van der Waals surface area contributed by atoms with E-state index in [9.17, 15) is 9.59 Å². The zero-order valence-corrected chi connectivity index (χ0v) is 9.99. The van der Waals surface area contributed by atoms with Crippen molar-refractivity contribution in [1.29, 1.82) is 0 Å². The van der Waals surface area contributed by atoms with Crippen LogP contribution in [0.1, 0.15) is 18.2 Å². The number of nitrogens with one attached hydrogen (secondary N) is 2. The molecule has 16 heavy (non-hydrogen) atoms. The smallest absolute Gasteiger partial charge is 0.306 e. The summed E-state index contributed by atoms with van der Waals surface area (Å²) in [6, 6.07) is 0. The van der Waals surface area contributed by atoms with Crippen LogP contribution in [0.3, 0.4) is 0 Å². The molecule has 1 amide bonds. The van der Waals surface area contributed by atoms with Crippen LogP contribution in [0.25, 0.3) is 10.3 Å². The fourth-order valence-corrected chi connectivity index (χ4v) is 2.40. The van der Waals surface area contributed by atoms with E-state index in [1.165, 1.54) is 6.92 Å². The standard InChI is InChI=1S/C10H11N3O2S/c1-4-7(12-6(3)14)5(2)11-9-8(4)16-10(15)13-9/h1-3H3,(H,12,14)(H,11,13,15). The molecule has 0 aliphatic rings. The monoisotopic (exact) mass is 237 g/mol. The molecule has 0 radical (unpaired) electrons. The second-order valence-corrected chi connectivity index (χ2v) is 4.55. The van der Waals surface area contributed by atoms with Gasteiger partial charge in [0.25, 0.3) is 0 Å². The van der Waals surface area contributed by atoms with Crippen LogP contribution in [0.15, 0.2) is 4.79 Å². The second kappa shape index (κ2) is 3.71. The van der Waals surface area contributed by atoms with Crippen molar-refractivity contribution in [2.75, 3.05) is 5.32 Å². The van der Waals surface area contributed by atoms with Crippen molar-refractivity contribution in [3.63, 3.8) is 0 Å². The lowest BCUT2D eigenvalue weighted by Crippen LogP contribution is -2.09. The third kappa shape index (κ3) is 1.71. The third-order valence-corrected chi connectivity index (χ3v) is 3.28. The number of hydrogen-bond donors (Lipinski definition) is 2. The van der Waals surface area contributed by atoms with E-state index in [2.05, 4.69) is 15.3 Å². The maximum Gasteiger partial charge on any atom is 0.306 e. The Labute approximate surface area is 95.5 Å². The van der Waals surface area contributed by atoms with Crippen molar-refractivity contribution in [2.45, 2.75) is 20.8 Å². The van der Waals surface area contributed by atoms with Crippen LogP contribution < -0.4 is 10.2 Å². The second-order valence-electron chi connectivity index (χ2n) is 3.57. The summed E-state index contributed by atoms with van der Waals surface area (Å²) < 4.78 is 0.791. The van der Waals surface area contributed by atoms with E-state index < -0.39 is 0 Å². The summed E-state index contributed by atoms with van der Waals surface area (Å²) >= 11 is 1.10. The average Bonchev–Trinajstić information content (AvgIpc) is 2.53. The zero-order valence-electron chi connectivity index (χ0n) is 9.17. The molecule has 0 aliphatic carbocycles. The SMILES string of the molecule is CC(=O)Nc1c(C)nc2[nH]c(=O)sc2c1C. The predicted octanol–water partition coefficient (Wildman–Crippen LogP) is 1.56. The Morgan fingerprint density at radius 3 is 2.75 bits per heavy atom. The highest BCUT2D eigenvalue weighted by Gasteiger charge is 2.12. The Morgan fingerprint density at radius 1 is 1.44 bits per heavy atom. The number of H-pyrrole nitrogens is 1. The van der Waals surface area contributed by atoms with Gasteiger partial charge in [0.05, 0.1) is 16.1 Å². The molecule has 0 spiro atoms. The summed E-state index contributed by atoms with van der Waals surface area (Å²) in [6.45, 7) is 5.11. The maximum absolute atomic E-state index is 11.2. The molecule has 2 aromatic heterocycles. The Kier molecular flexibility index (Phi) is 2.51. The molecular weight excluding hydrogens is 226 g/mol. The summed E-state index contributed by atoms with van der Waals surface area (Å²) in [5, 5.41) is 2.73. The van der Waals surface area contributed by atoms with Crippen molar-refractivity contribution in [3.8, 4) is 0 Å². The van der Waals surface area contributed by atoms with E-state index in [1.807, 2.05) is 6.92 Å². The van der Waals surface area contributed by atoms with Gasteiger partial charge in [-0.15, -0.1) is 0 Å². The van der Waals surface area contributed by atoms with Crippen molar-refractivity contribution >= 4 is 33.3 Å². The van der Waals surface area contributed by atoms with Gasteiger partial charge in [-0.1, -0.05) is 11.3 Å². The van der Waals surface area contributed by atoms with E-state index in [0.717, 1.165) is 21.6 Å². The first-order chi connectivity index (χ1) is 7.49. The minimum absolute atomic E-state index is 0.134. The molecule has 2 N–H and O–H groups in total. The number of aromatic nitrogens is 2. The van der Waals surface area contributed by atoms with Gasteiger partial charge in [0.15, 0.2) is 5.65 Å². The molecule has 0 aliphatic heterocycles. The Morgan fingerprint density at radius 2 is 2.12 bits per heavy atom. The molecule has 0 bridgehead atoms. The Balaban J connectivity index is 2.74. The molecule has 6 heteroatoms. The lowest BCUT2D eigenvalue weighted by molar-refractivity contribution is -0.114. The number of carbonyl (C=O) groups is 1. The number of amides is 1. The normalized spacial score (nSPS) is 10.7. The van der Waals surface area contributed by atoms with Crippen LogP contribution >= 0.6 is 11.3 Å². The van der Waals surface area contributed by atoms with Gasteiger partial charge >= 0.3 is 4.87 Å². The van der Waals surface area contributed by atoms with Crippen LogP contribution in [0.4, 0.5) is 5.69 Å². The summed E-state index contributed by atoms with van der Waals surface area (Å²) in [5.74, 6) is -0.143. The lowest BCUT2D eigenvalue weighted by Gasteiger charge is -2.09. The van der Waals surface area contributed by atoms with Gasteiger partial charge in [-0.3, -0.25) is 14.6 Å². The maximum atomic E-state index is 11.2. The molecule has 5 nitrogen and oxygen atoms in total. The van der Waals surface area contributed by atoms with Gasteiger partial charge in [0.2, 0.25) is 5.91 Å². The summed E-state index contributed by atoms with van der Waals surface area (Å²) in [5.41, 5.74) is 2.85. The number of aromatic amines is 1. The molecule has 2 rings (SSSR count). The van der Waals surface area contributed by atoms with Crippen LogP contribution in [-0.2, 0) is 4.79 Å². The van der Waals surface area contributed by atoms with Gasteiger partial charge in [0, 0.05) is 6.92 Å². The number of pyridine rings is 1. The van der Waals surface area contributed by atoms with E-state index >= 15 is 0 Å². The molecule has 0 fully saturated rings. The molecule has 0 unspecified atom stereocenters. The molecule has 0 atom stereocenters. The number of hydrogen-bond acceptors (Lipinski definition) is 4. The van der Waals surface area contributed by atoms with Gasteiger partial charge < -0.3 is 5.32 Å². The van der Waals surface area contributed by atoms with Gasteiger partial charge in [-0.05, 0) is 19.4 Å². The zero-order chi connectivity index (χ0) is 11.9. The number of fused-ring (bicyclic) bond motifs is 1. The largest absolute Gasteiger partial charge is 0.324 e. The number of carbonyl (C=O) groups excluding carboxylic acids is 1. The highest BCUT2D eigenvalue weighted by molar-refractivity contribution is 7.16. The Bertz CT molecular complexity index is 627. The number of rotatable bonds is 1. The number of thiazole rings is 1. The van der Waals surface area contributed by atoms with Crippen LogP contribution in [0, 0.1) is 13.8 Å². The summed E-state index contributed by atoms with van der Waals surface area (Å²) in [4.78, 5) is 29.1. The summed E-state index contributed by atoms with van der Waals surface area (Å²) in [7, 11) is 0. The first kappa shape index (κ1) is 10.8. The van der Waals surface area contributed by atoms with E-state index in [0.29, 0.717) is 17.0 Å². The first-order valence-corrected chi connectivity index (χ1v) is 5.58. The molecular formula is C10H11N3O2S. The molecule has 0 saturated heterocycles. The van der Waals surface area contributed by atoms with Crippen molar-refractivity contribution in [3.05, 3.63) is 20.9 Å².